The molecule has 10 atom stereocenters. The zero-order valence-electron chi connectivity index (χ0n) is 18.3. The number of aliphatic hydroxyl groups excluding tert-OH is 2. The summed E-state index contributed by atoms with van der Waals surface area (Å²) in [6.07, 6.45) is 7.80. The van der Waals surface area contributed by atoms with Crippen molar-refractivity contribution in [2.45, 2.75) is 95.9 Å². The molecule has 3 N–H and O–H groups in total. The summed E-state index contributed by atoms with van der Waals surface area (Å²) < 4.78 is 4.80. The lowest BCUT2D eigenvalue weighted by molar-refractivity contribution is -0.200. The van der Waals surface area contributed by atoms with Crippen molar-refractivity contribution in [1.82, 2.24) is 0 Å². The van der Waals surface area contributed by atoms with Crippen molar-refractivity contribution >= 4 is 5.97 Å². The van der Waals surface area contributed by atoms with E-state index in [0.717, 1.165) is 57.8 Å². The molecule has 0 aromatic carbocycles. The van der Waals surface area contributed by atoms with Crippen LogP contribution in [0.5, 0.6) is 0 Å². The van der Waals surface area contributed by atoms with Gasteiger partial charge in [-0.3, -0.25) is 4.79 Å². The molecule has 166 valence electrons. The number of fused-ring (bicyclic) bond motifs is 5. The highest BCUT2D eigenvalue weighted by molar-refractivity contribution is 5.69. The summed E-state index contributed by atoms with van der Waals surface area (Å²) in [5.74, 6) is 1.46. The molecule has 0 radical (unpaired) electrons. The fraction of sp³-hybridized carbons (Fsp3) is 0.958. The SMILES string of the molecule is COC(=O)CCC(C)C1CCC2C3C(O)CC4CC(O)CCC4(C)C3CCC12O. The maximum atomic E-state index is 11.9. The molecule has 5 nitrogen and oxygen atoms in total. The zero-order chi connectivity index (χ0) is 21.0. The molecule has 10 unspecified atom stereocenters. The van der Waals surface area contributed by atoms with Crippen LogP contribution in [0.15, 0.2) is 0 Å². The Morgan fingerprint density at radius 2 is 1.86 bits per heavy atom. The first kappa shape index (κ1) is 21.6. The molecular weight excluding hydrogens is 368 g/mol. The average Bonchev–Trinajstić information content (AvgIpc) is 3.04. The molecular formula is C24H40O5. The van der Waals surface area contributed by atoms with Crippen LogP contribution in [0.4, 0.5) is 0 Å². The van der Waals surface area contributed by atoms with Gasteiger partial charge in [0.1, 0.15) is 0 Å². The molecule has 4 aliphatic rings. The van der Waals surface area contributed by atoms with Gasteiger partial charge < -0.3 is 20.1 Å². The smallest absolute Gasteiger partial charge is 0.305 e. The quantitative estimate of drug-likeness (QED) is 0.622. The van der Waals surface area contributed by atoms with Gasteiger partial charge in [-0.25, -0.2) is 0 Å². The van der Waals surface area contributed by atoms with E-state index in [-0.39, 0.29) is 47.3 Å². The summed E-state index contributed by atoms with van der Waals surface area (Å²) in [6.45, 7) is 4.56. The monoisotopic (exact) mass is 408 g/mol. The molecule has 4 aliphatic carbocycles. The fourth-order valence-corrected chi connectivity index (χ4v) is 8.32. The standard InChI is InChI=1S/C24H40O5/c1-14(4-7-21(27)29-3)17-5-6-19-22-18(9-11-24(17,19)28)23(2)10-8-16(25)12-15(23)13-20(22)26/h14-20,22,25-26,28H,4-13H2,1-3H3. The van der Waals surface area contributed by atoms with E-state index < -0.39 is 5.60 Å². The van der Waals surface area contributed by atoms with Gasteiger partial charge >= 0.3 is 5.97 Å². The number of esters is 1. The number of hydrogen-bond donors (Lipinski definition) is 3. The lowest BCUT2D eigenvalue weighted by atomic mass is 9.45. The summed E-state index contributed by atoms with van der Waals surface area (Å²) in [7, 11) is 1.43. The first-order valence-electron chi connectivity index (χ1n) is 11.9. The zero-order valence-corrected chi connectivity index (χ0v) is 18.3. The number of carbonyl (C=O) groups excluding carboxylic acids is 1. The van der Waals surface area contributed by atoms with Crippen molar-refractivity contribution in [2.24, 2.45) is 40.9 Å². The van der Waals surface area contributed by atoms with Crippen molar-refractivity contribution in [3.63, 3.8) is 0 Å². The van der Waals surface area contributed by atoms with Crippen molar-refractivity contribution in [2.75, 3.05) is 7.11 Å². The first-order chi connectivity index (χ1) is 13.7. The van der Waals surface area contributed by atoms with Gasteiger partial charge in [-0.2, -0.15) is 0 Å². The highest BCUT2D eigenvalue weighted by atomic mass is 16.5. The summed E-state index contributed by atoms with van der Waals surface area (Å²) in [5.41, 5.74) is -0.534. The van der Waals surface area contributed by atoms with E-state index in [1.165, 1.54) is 7.11 Å². The van der Waals surface area contributed by atoms with Crippen LogP contribution in [0.2, 0.25) is 0 Å². The largest absolute Gasteiger partial charge is 0.469 e. The van der Waals surface area contributed by atoms with Gasteiger partial charge in [-0.15, -0.1) is 0 Å². The van der Waals surface area contributed by atoms with E-state index in [0.29, 0.717) is 18.3 Å². The Morgan fingerprint density at radius 1 is 1.10 bits per heavy atom. The predicted molar refractivity (Wildman–Crippen MR) is 110 cm³/mol. The second-order valence-electron chi connectivity index (χ2n) is 11.0. The number of carbonyl (C=O) groups is 1. The van der Waals surface area contributed by atoms with Crippen LogP contribution in [0, 0.1) is 40.9 Å². The molecule has 0 aliphatic heterocycles. The Kier molecular flexibility index (Phi) is 5.80. The highest BCUT2D eigenvalue weighted by Crippen LogP contribution is 2.65. The predicted octanol–water partition coefficient (Wildman–Crippen LogP) is 3.29. The Labute approximate surface area is 175 Å². The van der Waals surface area contributed by atoms with Crippen LogP contribution >= 0.6 is 0 Å². The topological polar surface area (TPSA) is 87.0 Å². The molecule has 29 heavy (non-hydrogen) atoms. The maximum Gasteiger partial charge on any atom is 0.305 e. The Hall–Kier alpha value is -0.650. The molecule has 0 bridgehead atoms. The minimum atomic E-state index is -0.713. The molecule has 0 saturated heterocycles. The molecule has 4 saturated carbocycles. The fourth-order valence-electron chi connectivity index (χ4n) is 8.32. The van der Waals surface area contributed by atoms with E-state index >= 15 is 0 Å². The number of ether oxygens (including phenoxy) is 1. The van der Waals surface area contributed by atoms with Crippen LogP contribution in [-0.2, 0) is 9.53 Å². The third kappa shape index (κ3) is 3.45. The number of rotatable bonds is 4. The van der Waals surface area contributed by atoms with E-state index in [2.05, 4.69) is 13.8 Å². The maximum absolute atomic E-state index is 11.9. The minimum Gasteiger partial charge on any atom is -0.469 e. The van der Waals surface area contributed by atoms with Crippen molar-refractivity contribution in [3.05, 3.63) is 0 Å². The van der Waals surface area contributed by atoms with E-state index in [1.807, 2.05) is 0 Å². The number of hydrogen-bond acceptors (Lipinski definition) is 5. The van der Waals surface area contributed by atoms with E-state index in [4.69, 9.17) is 4.74 Å². The third-order valence-corrected chi connectivity index (χ3v) is 9.90. The summed E-state index contributed by atoms with van der Waals surface area (Å²) in [6, 6.07) is 0. The van der Waals surface area contributed by atoms with E-state index in [1.54, 1.807) is 0 Å². The first-order valence-corrected chi connectivity index (χ1v) is 11.9. The molecule has 0 heterocycles. The van der Waals surface area contributed by atoms with Gasteiger partial charge in [0, 0.05) is 6.42 Å². The van der Waals surface area contributed by atoms with Gasteiger partial charge in [0.15, 0.2) is 0 Å². The lowest BCUT2D eigenvalue weighted by Crippen LogP contribution is -2.61. The van der Waals surface area contributed by atoms with Gasteiger partial charge in [0.25, 0.3) is 0 Å². The van der Waals surface area contributed by atoms with E-state index in [9.17, 15) is 20.1 Å². The molecule has 5 heteroatoms. The van der Waals surface area contributed by atoms with Gasteiger partial charge in [0.2, 0.25) is 0 Å². The Morgan fingerprint density at radius 3 is 2.59 bits per heavy atom. The van der Waals surface area contributed by atoms with Crippen LogP contribution in [0.3, 0.4) is 0 Å². The second kappa shape index (κ2) is 7.80. The number of aliphatic hydroxyl groups is 3. The van der Waals surface area contributed by atoms with Crippen LogP contribution in [0.25, 0.3) is 0 Å². The highest BCUT2D eigenvalue weighted by Gasteiger charge is 2.64. The Bertz CT molecular complexity index is 622. The van der Waals surface area contributed by atoms with Gasteiger partial charge in [0.05, 0.1) is 24.9 Å². The van der Waals surface area contributed by atoms with Gasteiger partial charge in [-0.05, 0) is 98.7 Å². The summed E-state index contributed by atoms with van der Waals surface area (Å²) in [5, 5.41) is 33.2. The summed E-state index contributed by atoms with van der Waals surface area (Å²) in [4.78, 5) is 11.6. The molecule has 4 rings (SSSR count). The second-order valence-corrected chi connectivity index (χ2v) is 11.0. The van der Waals surface area contributed by atoms with Crippen LogP contribution in [0.1, 0.15) is 78.1 Å². The lowest BCUT2D eigenvalue weighted by Gasteiger charge is -2.61. The molecule has 0 amide bonds. The van der Waals surface area contributed by atoms with Crippen LogP contribution in [-0.4, -0.2) is 46.2 Å². The normalized spacial score (nSPS) is 50.2. The molecule has 0 spiro atoms. The van der Waals surface area contributed by atoms with Gasteiger partial charge in [-0.1, -0.05) is 13.8 Å². The number of methoxy groups -OCH3 is 1. The van der Waals surface area contributed by atoms with Crippen LogP contribution < -0.4 is 0 Å². The molecule has 0 aromatic heterocycles. The third-order valence-electron chi connectivity index (χ3n) is 9.90. The van der Waals surface area contributed by atoms with Crippen molar-refractivity contribution < 1.29 is 24.9 Å². The van der Waals surface area contributed by atoms with Crippen molar-refractivity contribution in [3.8, 4) is 0 Å². The average molecular weight is 409 g/mol. The molecule has 0 aromatic rings. The molecule has 4 fully saturated rings. The minimum absolute atomic E-state index is 0.159. The summed E-state index contributed by atoms with van der Waals surface area (Å²) >= 11 is 0. The van der Waals surface area contributed by atoms with Crippen molar-refractivity contribution in [1.29, 1.82) is 0 Å². The Balaban J connectivity index is 1.53.